The molecule has 0 bridgehead atoms. The van der Waals surface area contributed by atoms with Gasteiger partial charge in [0.2, 0.25) is 0 Å². The molecule has 0 amide bonds. The van der Waals surface area contributed by atoms with Gasteiger partial charge < -0.3 is 4.57 Å². The number of aromatic nitrogens is 1. The van der Waals surface area contributed by atoms with Gasteiger partial charge in [-0.15, -0.1) is 0 Å². The molecule has 3 rings (SSSR count). The Morgan fingerprint density at radius 2 is 1.43 bits per heavy atom. The smallest absolute Gasteiger partial charge is 0.152 e. The van der Waals surface area contributed by atoms with Crippen LogP contribution in [0.4, 0.5) is 0 Å². The number of rotatable bonds is 3. The fraction of sp³-hybridized carbons (Fsp3) is 0.105. The van der Waals surface area contributed by atoms with Gasteiger partial charge in [0.25, 0.3) is 0 Å². The van der Waals surface area contributed by atoms with Gasteiger partial charge in [-0.2, -0.15) is 0 Å². The number of hydrogen-bond donors (Lipinski definition) is 0. The van der Waals surface area contributed by atoms with E-state index in [2.05, 4.69) is 23.6 Å². The van der Waals surface area contributed by atoms with E-state index in [1.165, 1.54) is 0 Å². The summed E-state index contributed by atoms with van der Waals surface area (Å²) >= 11 is 0. The quantitative estimate of drug-likeness (QED) is 0.642. The Balaban J connectivity index is 2.37. The summed E-state index contributed by atoms with van der Waals surface area (Å²) in [5, 5.41) is 0. The summed E-state index contributed by atoms with van der Waals surface area (Å²) in [6.07, 6.45) is 0.962. The van der Waals surface area contributed by atoms with Gasteiger partial charge >= 0.3 is 0 Å². The third-order valence-corrected chi connectivity index (χ3v) is 3.94. The summed E-state index contributed by atoms with van der Waals surface area (Å²) < 4.78 is 2.16. The maximum Gasteiger partial charge on any atom is 0.152 e. The van der Waals surface area contributed by atoms with Crippen LogP contribution in [0.2, 0.25) is 0 Å². The van der Waals surface area contributed by atoms with Crippen LogP contribution in [0, 0.1) is 13.8 Å². The van der Waals surface area contributed by atoms with Crippen molar-refractivity contribution in [3.8, 4) is 16.9 Å². The molecule has 0 fully saturated rings. The predicted molar refractivity (Wildman–Crippen MR) is 86.1 cm³/mol. The van der Waals surface area contributed by atoms with Gasteiger partial charge in [0.1, 0.15) is 0 Å². The zero-order valence-electron chi connectivity index (χ0n) is 12.2. The van der Waals surface area contributed by atoms with Crippen LogP contribution >= 0.6 is 0 Å². The van der Waals surface area contributed by atoms with E-state index in [-0.39, 0.29) is 0 Å². The van der Waals surface area contributed by atoms with Crippen LogP contribution in [0.25, 0.3) is 16.9 Å². The van der Waals surface area contributed by atoms with E-state index in [1.54, 1.807) is 0 Å². The lowest BCUT2D eigenvalue weighted by molar-refractivity contribution is 0.112. The number of benzene rings is 2. The number of carbonyl (C=O) groups is 1. The normalized spacial score (nSPS) is 10.6. The average Bonchev–Trinajstić information content (AvgIpc) is 2.80. The fourth-order valence-electron chi connectivity index (χ4n) is 2.75. The topological polar surface area (TPSA) is 22.0 Å². The van der Waals surface area contributed by atoms with Crippen molar-refractivity contribution < 1.29 is 4.79 Å². The molecule has 0 aliphatic carbocycles. The Morgan fingerprint density at radius 3 is 2.00 bits per heavy atom. The van der Waals surface area contributed by atoms with Gasteiger partial charge in [0.05, 0.1) is 5.69 Å². The first kappa shape index (κ1) is 13.4. The Bertz CT molecular complexity index is 770. The Kier molecular flexibility index (Phi) is 3.44. The first-order valence-corrected chi connectivity index (χ1v) is 7.02. The second kappa shape index (κ2) is 5.41. The zero-order valence-corrected chi connectivity index (χ0v) is 12.2. The molecule has 0 saturated heterocycles. The van der Waals surface area contributed by atoms with Crippen LogP contribution in [-0.4, -0.2) is 10.9 Å². The SMILES string of the molecule is Cc1c(C=O)c(-c2ccccc2)n(-c2ccccc2)c1C. The molecule has 3 aromatic rings. The molecule has 2 nitrogen and oxygen atoms in total. The van der Waals surface area contributed by atoms with E-state index in [0.717, 1.165) is 40.1 Å². The lowest BCUT2D eigenvalue weighted by atomic mass is 10.1. The average molecular weight is 275 g/mol. The number of para-hydroxylation sites is 1. The molecule has 1 aromatic heterocycles. The van der Waals surface area contributed by atoms with Gasteiger partial charge in [-0.1, -0.05) is 48.5 Å². The van der Waals surface area contributed by atoms with Crippen molar-refractivity contribution in [3.63, 3.8) is 0 Å². The van der Waals surface area contributed by atoms with E-state index in [0.29, 0.717) is 0 Å². The van der Waals surface area contributed by atoms with Gasteiger partial charge in [0.15, 0.2) is 6.29 Å². The molecule has 1 heterocycles. The van der Waals surface area contributed by atoms with E-state index < -0.39 is 0 Å². The van der Waals surface area contributed by atoms with Crippen LogP contribution in [0.5, 0.6) is 0 Å². The first-order valence-electron chi connectivity index (χ1n) is 7.02. The molecule has 21 heavy (non-hydrogen) atoms. The van der Waals surface area contributed by atoms with Crippen LogP contribution in [-0.2, 0) is 0 Å². The Labute approximate surface area is 124 Å². The minimum absolute atomic E-state index is 0.766. The summed E-state index contributed by atoms with van der Waals surface area (Å²) in [4.78, 5) is 11.6. The number of carbonyl (C=O) groups excluding carboxylic acids is 1. The van der Waals surface area contributed by atoms with Crippen LogP contribution in [0.3, 0.4) is 0 Å². The van der Waals surface area contributed by atoms with Gasteiger partial charge in [-0.05, 0) is 37.1 Å². The molecular weight excluding hydrogens is 258 g/mol. The molecule has 104 valence electrons. The molecule has 0 radical (unpaired) electrons. The van der Waals surface area contributed by atoms with Crippen molar-refractivity contribution in [2.45, 2.75) is 13.8 Å². The molecule has 0 atom stereocenters. The summed E-state index contributed by atoms with van der Waals surface area (Å²) in [5.74, 6) is 0. The standard InChI is InChI=1S/C19H17NO/c1-14-15(2)20(17-11-7-4-8-12-17)19(18(14)13-21)16-9-5-3-6-10-16/h3-13H,1-2H3. The van der Waals surface area contributed by atoms with E-state index in [4.69, 9.17) is 0 Å². The Morgan fingerprint density at radius 1 is 0.857 bits per heavy atom. The third kappa shape index (κ3) is 2.19. The fourth-order valence-corrected chi connectivity index (χ4v) is 2.75. The van der Waals surface area contributed by atoms with Crippen molar-refractivity contribution in [2.75, 3.05) is 0 Å². The second-order valence-electron chi connectivity index (χ2n) is 5.13. The molecule has 0 aliphatic heterocycles. The molecule has 0 spiro atoms. The minimum Gasteiger partial charge on any atom is -0.313 e. The molecule has 0 N–H and O–H groups in total. The maximum absolute atomic E-state index is 11.6. The Hall–Kier alpha value is -2.61. The van der Waals surface area contributed by atoms with E-state index in [1.807, 2.05) is 55.5 Å². The highest BCUT2D eigenvalue weighted by molar-refractivity contribution is 5.90. The largest absolute Gasteiger partial charge is 0.313 e. The molecule has 2 aromatic carbocycles. The highest BCUT2D eigenvalue weighted by Crippen LogP contribution is 2.32. The van der Waals surface area contributed by atoms with Gasteiger partial charge in [-0.25, -0.2) is 0 Å². The molecular formula is C19H17NO. The summed E-state index contributed by atoms with van der Waals surface area (Å²) in [5.41, 5.74) is 5.99. The lowest BCUT2D eigenvalue weighted by Crippen LogP contribution is -1.99. The van der Waals surface area contributed by atoms with Crippen molar-refractivity contribution in [1.82, 2.24) is 4.57 Å². The number of nitrogens with zero attached hydrogens (tertiary/aromatic N) is 1. The minimum atomic E-state index is 0.766. The van der Waals surface area contributed by atoms with Crippen LogP contribution in [0.15, 0.2) is 60.7 Å². The van der Waals surface area contributed by atoms with Crippen molar-refractivity contribution in [3.05, 3.63) is 77.5 Å². The molecule has 2 heteroatoms. The monoisotopic (exact) mass is 275 g/mol. The maximum atomic E-state index is 11.6. The summed E-state index contributed by atoms with van der Waals surface area (Å²) in [6, 6.07) is 20.2. The third-order valence-electron chi connectivity index (χ3n) is 3.94. The predicted octanol–water partition coefficient (Wildman–Crippen LogP) is 4.57. The van der Waals surface area contributed by atoms with Gasteiger partial charge in [0, 0.05) is 16.9 Å². The van der Waals surface area contributed by atoms with Crippen molar-refractivity contribution in [1.29, 1.82) is 0 Å². The highest BCUT2D eigenvalue weighted by atomic mass is 16.1. The number of hydrogen-bond acceptors (Lipinski definition) is 1. The van der Waals surface area contributed by atoms with Crippen LogP contribution < -0.4 is 0 Å². The molecule has 0 aliphatic rings. The van der Waals surface area contributed by atoms with Crippen LogP contribution in [0.1, 0.15) is 21.6 Å². The molecule has 0 unspecified atom stereocenters. The summed E-state index contributed by atoms with van der Waals surface area (Å²) in [7, 11) is 0. The molecule has 0 saturated carbocycles. The van der Waals surface area contributed by atoms with E-state index >= 15 is 0 Å². The lowest BCUT2D eigenvalue weighted by Gasteiger charge is -2.12. The zero-order chi connectivity index (χ0) is 14.8. The van der Waals surface area contributed by atoms with Gasteiger partial charge in [-0.3, -0.25) is 4.79 Å². The van der Waals surface area contributed by atoms with E-state index in [9.17, 15) is 4.79 Å². The number of aldehydes is 1. The van der Waals surface area contributed by atoms with Crippen molar-refractivity contribution >= 4 is 6.29 Å². The van der Waals surface area contributed by atoms with Crippen molar-refractivity contribution in [2.24, 2.45) is 0 Å². The first-order chi connectivity index (χ1) is 10.2. The highest BCUT2D eigenvalue weighted by Gasteiger charge is 2.19. The summed E-state index contributed by atoms with van der Waals surface area (Å²) in [6.45, 7) is 4.06. The second-order valence-corrected chi connectivity index (χ2v) is 5.13.